The molecule has 1 spiro atoms. The van der Waals surface area contributed by atoms with Crippen molar-refractivity contribution in [2.45, 2.75) is 50.1 Å². The smallest absolute Gasteiger partial charge is 0.424 e. The molecule has 3 fully saturated rings. The first-order valence-corrected chi connectivity index (χ1v) is 4.89. The number of carbonyl (C=O) groups excluding carboxylic acids is 1. The zero-order valence-corrected chi connectivity index (χ0v) is 7.32. The van der Waals surface area contributed by atoms with Gasteiger partial charge < -0.3 is 14.2 Å². The second kappa shape index (κ2) is 2.38. The van der Waals surface area contributed by atoms with Crippen LogP contribution in [0, 0.1) is 0 Å². The van der Waals surface area contributed by atoms with Crippen LogP contribution in [0.15, 0.2) is 0 Å². The molecule has 3 rings (SSSR count). The SMILES string of the molecule is O=C1O[C@H]2CCCCC[C@@H]3O[C@]23O1. The summed E-state index contributed by atoms with van der Waals surface area (Å²) in [4.78, 5) is 10.9. The van der Waals surface area contributed by atoms with Crippen molar-refractivity contribution in [1.29, 1.82) is 0 Å². The summed E-state index contributed by atoms with van der Waals surface area (Å²) in [5.74, 6) is -0.669. The van der Waals surface area contributed by atoms with Crippen LogP contribution in [0.4, 0.5) is 4.79 Å². The van der Waals surface area contributed by atoms with Crippen molar-refractivity contribution in [2.75, 3.05) is 0 Å². The summed E-state index contributed by atoms with van der Waals surface area (Å²) in [6, 6.07) is 0. The zero-order valence-electron chi connectivity index (χ0n) is 7.32. The van der Waals surface area contributed by atoms with Crippen LogP contribution in [0.1, 0.15) is 32.1 Å². The first kappa shape index (κ1) is 7.62. The van der Waals surface area contributed by atoms with Crippen LogP contribution in [0.25, 0.3) is 0 Å². The number of rotatable bonds is 0. The number of hydrogen-bond donors (Lipinski definition) is 0. The predicted octanol–water partition coefficient (Wildman–Crippen LogP) is 1.58. The first-order chi connectivity index (χ1) is 6.31. The third-order valence-corrected chi connectivity index (χ3v) is 3.08. The fraction of sp³-hybridized carbons (Fsp3) is 0.889. The summed E-state index contributed by atoms with van der Waals surface area (Å²) in [6.45, 7) is 0. The van der Waals surface area contributed by atoms with E-state index in [-0.39, 0.29) is 12.2 Å². The summed E-state index contributed by atoms with van der Waals surface area (Å²) in [6.07, 6.45) is 4.72. The molecule has 2 saturated heterocycles. The van der Waals surface area contributed by atoms with Gasteiger partial charge in [-0.05, 0) is 19.3 Å². The van der Waals surface area contributed by atoms with Crippen molar-refractivity contribution in [2.24, 2.45) is 0 Å². The van der Waals surface area contributed by atoms with Crippen LogP contribution in [0.2, 0.25) is 0 Å². The standard InChI is InChI=1S/C9H12O4/c10-8-11-6-4-2-1-3-5-7-9(6,12-7)13-8/h6-7H,1-5H2/t6-,7-,9-/m0/s1. The Balaban J connectivity index is 1.83. The quantitative estimate of drug-likeness (QED) is 0.423. The van der Waals surface area contributed by atoms with Gasteiger partial charge in [0.05, 0.1) is 0 Å². The fourth-order valence-corrected chi connectivity index (χ4v) is 2.34. The van der Waals surface area contributed by atoms with Gasteiger partial charge in [-0.25, -0.2) is 4.79 Å². The highest BCUT2D eigenvalue weighted by atomic mass is 16.9. The average Bonchev–Trinajstić information content (AvgIpc) is 2.62. The van der Waals surface area contributed by atoms with Gasteiger partial charge in [-0.3, -0.25) is 0 Å². The van der Waals surface area contributed by atoms with Crippen molar-refractivity contribution < 1.29 is 19.0 Å². The second-order valence-corrected chi connectivity index (χ2v) is 3.92. The van der Waals surface area contributed by atoms with Gasteiger partial charge in [-0.2, -0.15) is 0 Å². The Bertz CT molecular complexity index is 252. The van der Waals surface area contributed by atoms with Crippen molar-refractivity contribution in [3.8, 4) is 0 Å². The maximum Gasteiger partial charge on any atom is 0.511 e. The molecule has 0 aromatic heterocycles. The molecule has 2 aliphatic heterocycles. The van der Waals surface area contributed by atoms with E-state index < -0.39 is 11.9 Å². The van der Waals surface area contributed by atoms with Gasteiger partial charge in [0.1, 0.15) is 6.10 Å². The summed E-state index contributed by atoms with van der Waals surface area (Å²) < 4.78 is 15.6. The van der Waals surface area contributed by atoms with Gasteiger partial charge in [0, 0.05) is 0 Å². The molecule has 1 saturated carbocycles. The first-order valence-electron chi connectivity index (χ1n) is 4.89. The second-order valence-electron chi connectivity index (χ2n) is 3.92. The van der Waals surface area contributed by atoms with Crippen molar-refractivity contribution >= 4 is 6.16 Å². The minimum absolute atomic E-state index is 0.101. The van der Waals surface area contributed by atoms with Crippen LogP contribution >= 0.6 is 0 Å². The van der Waals surface area contributed by atoms with Gasteiger partial charge >= 0.3 is 6.16 Å². The molecule has 0 radical (unpaired) electrons. The van der Waals surface area contributed by atoms with Crippen LogP contribution < -0.4 is 0 Å². The molecule has 0 amide bonds. The lowest BCUT2D eigenvalue weighted by atomic mass is 9.96. The Kier molecular flexibility index (Phi) is 1.39. The van der Waals surface area contributed by atoms with E-state index in [1.165, 1.54) is 6.42 Å². The number of hydrogen-bond acceptors (Lipinski definition) is 4. The van der Waals surface area contributed by atoms with Gasteiger partial charge in [0.15, 0.2) is 6.10 Å². The molecule has 0 aromatic carbocycles. The lowest BCUT2D eigenvalue weighted by Crippen LogP contribution is -2.29. The van der Waals surface area contributed by atoms with Gasteiger partial charge in [0.25, 0.3) is 5.79 Å². The summed E-state index contributed by atoms with van der Waals surface area (Å²) >= 11 is 0. The average molecular weight is 184 g/mol. The van der Waals surface area contributed by atoms with E-state index in [9.17, 15) is 4.79 Å². The maximum atomic E-state index is 10.9. The normalized spacial score (nSPS) is 47.8. The largest absolute Gasteiger partial charge is 0.511 e. The van der Waals surface area contributed by atoms with E-state index in [0.717, 1.165) is 25.7 Å². The molecule has 1 aliphatic carbocycles. The zero-order chi connectivity index (χ0) is 8.89. The molecule has 0 aromatic rings. The van der Waals surface area contributed by atoms with Crippen molar-refractivity contribution in [1.82, 2.24) is 0 Å². The molecule has 4 nitrogen and oxygen atoms in total. The molecule has 72 valence electrons. The highest BCUT2D eigenvalue weighted by Gasteiger charge is 2.70. The maximum absolute atomic E-state index is 10.9. The van der Waals surface area contributed by atoms with E-state index in [1.54, 1.807) is 0 Å². The lowest BCUT2D eigenvalue weighted by Gasteiger charge is -2.13. The fourth-order valence-electron chi connectivity index (χ4n) is 2.34. The molecule has 2 heterocycles. The topological polar surface area (TPSA) is 48.1 Å². The summed E-state index contributed by atoms with van der Waals surface area (Å²) in [5, 5.41) is 0. The molecule has 3 aliphatic rings. The molecular formula is C9H12O4. The minimum Gasteiger partial charge on any atom is -0.424 e. The Morgan fingerprint density at radius 3 is 2.77 bits per heavy atom. The third kappa shape index (κ3) is 0.981. The van der Waals surface area contributed by atoms with Crippen LogP contribution in [0.3, 0.4) is 0 Å². The van der Waals surface area contributed by atoms with Crippen LogP contribution in [-0.4, -0.2) is 24.2 Å². The highest BCUT2D eigenvalue weighted by molar-refractivity contribution is 5.64. The van der Waals surface area contributed by atoms with E-state index in [0.29, 0.717) is 0 Å². The van der Waals surface area contributed by atoms with Gasteiger partial charge in [-0.15, -0.1) is 0 Å². The monoisotopic (exact) mass is 184 g/mol. The minimum atomic E-state index is -0.669. The van der Waals surface area contributed by atoms with Crippen LogP contribution in [0.5, 0.6) is 0 Å². The van der Waals surface area contributed by atoms with Gasteiger partial charge in [-0.1, -0.05) is 12.8 Å². The number of ether oxygens (including phenoxy) is 3. The Morgan fingerprint density at radius 2 is 1.92 bits per heavy atom. The molecule has 4 heteroatoms. The summed E-state index contributed by atoms with van der Waals surface area (Å²) in [7, 11) is 0. The molecule has 0 bridgehead atoms. The lowest BCUT2D eigenvalue weighted by molar-refractivity contribution is 0.0216. The molecule has 13 heavy (non-hydrogen) atoms. The molecule has 3 atom stereocenters. The van der Waals surface area contributed by atoms with Gasteiger partial charge in [0.2, 0.25) is 0 Å². The summed E-state index contributed by atoms with van der Waals surface area (Å²) in [5.41, 5.74) is 0. The highest BCUT2D eigenvalue weighted by Crippen LogP contribution is 2.51. The van der Waals surface area contributed by atoms with E-state index in [4.69, 9.17) is 14.2 Å². The van der Waals surface area contributed by atoms with Crippen molar-refractivity contribution in [3.05, 3.63) is 0 Å². The third-order valence-electron chi connectivity index (χ3n) is 3.08. The van der Waals surface area contributed by atoms with Crippen LogP contribution in [-0.2, 0) is 14.2 Å². The Morgan fingerprint density at radius 1 is 1.15 bits per heavy atom. The predicted molar refractivity (Wildman–Crippen MR) is 42.0 cm³/mol. The molecule has 0 N–H and O–H groups in total. The van der Waals surface area contributed by atoms with E-state index in [1.807, 2.05) is 0 Å². The Hall–Kier alpha value is -0.770. The Labute approximate surface area is 76.1 Å². The van der Waals surface area contributed by atoms with E-state index in [2.05, 4.69) is 0 Å². The van der Waals surface area contributed by atoms with E-state index >= 15 is 0 Å². The number of epoxide rings is 1. The van der Waals surface area contributed by atoms with Crippen molar-refractivity contribution in [3.63, 3.8) is 0 Å². The molecular weight excluding hydrogens is 172 g/mol. The molecule has 0 unspecified atom stereocenters. The number of carbonyl (C=O) groups is 1.